The summed E-state index contributed by atoms with van der Waals surface area (Å²) >= 11 is 0. The molecule has 4 aliphatic rings. The van der Waals surface area contributed by atoms with Gasteiger partial charge in [-0.1, -0.05) is 0 Å². The number of hydrogen-bond donors (Lipinski definition) is 2. The second kappa shape index (κ2) is 2.83. The average Bonchev–Trinajstić information content (AvgIpc) is 3.06. The molecule has 1 aliphatic heterocycles. The Morgan fingerprint density at radius 1 is 1.24 bits per heavy atom. The van der Waals surface area contributed by atoms with E-state index in [1.54, 1.807) is 0 Å². The van der Waals surface area contributed by atoms with Crippen molar-refractivity contribution in [1.29, 1.82) is 0 Å². The van der Waals surface area contributed by atoms with Crippen LogP contribution in [0.1, 0.15) is 12.8 Å². The first-order valence-electron chi connectivity index (χ1n) is 6.25. The number of fused-ring (bicyclic) bond motifs is 2. The molecule has 3 aliphatic carbocycles. The number of nitrogens with one attached hydrogen (secondary N) is 1. The first kappa shape index (κ1) is 9.88. The van der Waals surface area contributed by atoms with Gasteiger partial charge in [0.15, 0.2) is 0 Å². The molecule has 0 aromatic rings. The van der Waals surface area contributed by atoms with Crippen LogP contribution in [-0.4, -0.2) is 36.2 Å². The van der Waals surface area contributed by atoms with Crippen LogP contribution in [0.3, 0.4) is 0 Å². The maximum atomic E-state index is 11.9. The number of carbonyl (C=O) groups excluding carboxylic acids is 1. The van der Waals surface area contributed by atoms with Crippen LogP contribution in [0, 0.1) is 29.1 Å². The molecule has 5 nitrogen and oxygen atoms in total. The van der Waals surface area contributed by atoms with Gasteiger partial charge in [-0.05, 0) is 30.6 Å². The minimum absolute atomic E-state index is 0.112. The number of amides is 1. The van der Waals surface area contributed by atoms with Gasteiger partial charge in [-0.25, -0.2) is 0 Å². The van der Waals surface area contributed by atoms with E-state index in [1.807, 2.05) is 0 Å². The highest BCUT2D eigenvalue weighted by Gasteiger charge is 2.72. The monoisotopic (exact) mass is 237 g/mol. The largest absolute Gasteiger partial charge is 0.481 e. The first-order chi connectivity index (χ1) is 8.13. The van der Waals surface area contributed by atoms with Crippen molar-refractivity contribution >= 4 is 11.9 Å². The van der Waals surface area contributed by atoms with Crippen molar-refractivity contribution in [3.8, 4) is 0 Å². The van der Waals surface area contributed by atoms with E-state index in [9.17, 15) is 9.59 Å². The second-order valence-electron chi connectivity index (χ2n) is 5.98. The molecule has 3 saturated carbocycles. The number of carbonyl (C=O) groups is 2. The zero-order valence-electron chi connectivity index (χ0n) is 9.39. The van der Waals surface area contributed by atoms with E-state index >= 15 is 0 Å². The molecule has 5 heteroatoms. The molecule has 1 amide bonds. The number of rotatable bonds is 3. The quantitative estimate of drug-likeness (QED) is 0.716. The molecule has 4 fully saturated rings. The van der Waals surface area contributed by atoms with Gasteiger partial charge in [0.05, 0.1) is 18.6 Å². The Morgan fingerprint density at radius 3 is 2.47 bits per heavy atom. The Kier molecular flexibility index (Phi) is 1.64. The topological polar surface area (TPSA) is 75.6 Å². The predicted molar refractivity (Wildman–Crippen MR) is 56.0 cm³/mol. The lowest BCUT2D eigenvalue weighted by molar-refractivity contribution is -0.148. The summed E-state index contributed by atoms with van der Waals surface area (Å²) in [6, 6.07) is 0.112. The fourth-order valence-electron chi connectivity index (χ4n) is 3.86. The van der Waals surface area contributed by atoms with Crippen LogP contribution < -0.4 is 5.32 Å². The summed E-state index contributed by atoms with van der Waals surface area (Å²) in [5.41, 5.74) is -0.472. The molecule has 0 spiro atoms. The third-order valence-corrected chi connectivity index (χ3v) is 5.21. The molecule has 1 saturated heterocycles. The lowest BCUT2D eigenvalue weighted by Crippen LogP contribution is -2.49. The normalized spacial score (nSPS) is 53.1. The number of carboxylic acids is 1. The number of hydrogen-bond acceptors (Lipinski definition) is 3. The van der Waals surface area contributed by atoms with Gasteiger partial charge >= 0.3 is 5.97 Å². The minimum Gasteiger partial charge on any atom is -0.481 e. The van der Waals surface area contributed by atoms with Crippen LogP contribution in [0.25, 0.3) is 0 Å². The minimum atomic E-state index is -0.690. The Hall–Kier alpha value is -1.10. The molecule has 0 aromatic carbocycles. The third kappa shape index (κ3) is 1.13. The second-order valence-corrected chi connectivity index (χ2v) is 5.98. The van der Waals surface area contributed by atoms with Gasteiger partial charge in [0.25, 0.3) is 0 Å². The fraction of sp³-hybridized carbons (Fsp3) is 0.833. The van der Waals surface area contributed by atoms with E-state index in [4.69, 9.17) is 9.84 Å². The Balaban J connectivity index is 1.33. The van der Waals surface area contributed by atoms with E-state index < -0.39 is 11.4 Å². The van der Waals surface area contributed by atoms with Crippen LogP contribution in [-0.2, 0) is 14.3 Å². The van der Waals surface area contributed by atoms with E-state index in [0.717, 1.165) is 19.6 Å². The van der Waals surface area contributed by atoms with Crippen LogP contribution in [0.5, 0.6) is 0 Å². The summed E-state index contributed by atoms with van der Waals surface area (Å²) in [5.74, 6) is 0.627. The van der Waals surface area contributed by atoms with Gasteiger partial charge in [-0.2, -0.15) is 0 Å². The fourth-order valence-corrected chi connectivity index (χ4v) is 3.86. The van der Waals surface area contributed by atoms with Crippen molar-refractivity contribution in [2.45, 2.75) is 18.9 Å². The van der Waals surface area contributed by atoms with Crippen molar-refractivity contribution in [1.82, 2.24) is 5.32 Å². The van der Waals surface area contributed by atoms with E-state index in [2.05, 4.69) is 5.32 Å². The standard InChI is InChI=1S/C12H15NO4/c14-10(9-5-3-17-4-6(5)9)13-8-2-12(11(15)16)1-7(8)12/h5-9H,1-4H2,(H,13,14)(H,15,16)/t5-,6+,7-,8+,9?,12-/m0/s1. The number of ether oxygens (including phenoxy) is 1. The summed E-state index contributed by atoms with van der Waals surface area (Å²) < 4.78 is 5.25. The van der Waals surface area contributed by atoms with E-state index in [1.165, 1.54) is 0 Å². The smallest absolute Gasteiger partial charge is 0.310 e. The van der Waals surface area contributed by atoms with E-state index in [0.29, 0.717) is 18.3 Å². The number of aliphatic carboxylic acids is 1. The molecule has 0 bridgehead atoms. The van der Waals surface area contributed by atoms with Gasteiger partial charge in [0.1, 0.15) is 0 Å². The van der Waals surface area contributed by atoms with E-state index in [-0.39, 0.29) is 23.8 Å². The molecule has 1 unspecified atom stereocenters. The van der Waals surface area contributed by atoms with Gasteiger partial charge in [0, 0.05) is 12.0 Å². The van der Waals surface area contributed by atoms with Crippen molar-refractivity contribution in [3.05, 3.63) is 0 Å². The summed E-state index contributed by atoms with van der Waals surface area (Å²) in [4.78, 5) is 22.9. The molecule has 6 atom stereocenters. The van der Waals surface area contributed by atoms with Crippen LogP contribution in [0.2, 0.25) is 0 Å². The predicted octanol–water partition coefficient (Wildman–Crippen LogP) is -0.142. The maximum Gasteiger partial charge on any atom is 0.310 e. The lowest BCUT2D eigenvalue weighted by Gasteiger charge is -2.32. The van der Waals surface area contributed by atoms with Crippen molar-refractivity contribution < 1.29 is 19.4 Å². The lowest BCUT2D eigenvalue weighted by atomic mass is 9.80. The van der Waals surface area contributed by atoms with Crippen molar-refractivity contribution in [3.63, 3.8) is 0 Å². The molecular formula is C12H15NO4. The van der Waals surface area contributed by atoms with Crippen LogP contribution in [0.4, 0.5) is 0 Å². The molecule has 17 heavy (non-hydrogen) atoms. The summed E-state index contributed by atoms with van der Waals surface area (Å²) in [7, 11) is 0. The Bertz CT molecular complexity index is 413. The summed E-state index contributed by atoms with van der Waals surface area (Å²) in [6.07, 6.45) is 1.37. The zero-order valence-corrected chi connectivity index (χ0v) is 9.39. The highest BCUT2D eigenvalue weighted by Crippen LogP contribution is 2.67. The van der Waals surface area contributed by atoms with Crippen LogP contribution in [0.15, 0.2) is 0 Å². The highest BCUT2D eigenvalue weighted by molar-refractivity contribution is 5.85. The van der Waals surface area contributed by atoms with Gasteiger partial charge in [-0.15, -0.1) is 0 Å². The Morgan fingerprint density at radius 2 is 1.94 bits per heavy atom. The van der Waals surface area contributed by atoms with Crippen molar-refractivity contribution in [2.75, 3.05) is 13.2 Å². The molecule has 0 radical (unpaired) electrons. The number of carboxylic acid groups (broad SMARTS) is 1. The van der Waals surface area contributed by atoms with Gasteiger partial charge < -0.3 is 15.2 Å². The molecule has 2 N–H and O–H groups in total. The van der Waals surface area contributed by atoms with Crippen LogP contribution >= 0.6 is 0 Å². The van der Waals surface area contributed by atoms with Gasteiger partial charge in [0.2, 0.25) is 5.91 Å². The highest BCUT2D eigenvalue weighted by atomic mass is 16.5. The summed E-state index contributed by atoms with van der Waals surface area (Å²) in [5, 5.41) is 12.0. The molecule has 0 aromatic heterocycles. The van der Waals surface area contributed by atoms with Gasteiger partial charge in [-0.3, -0.25) is 9.59 Å². The third-order valence-electron chi connectivity index (χ3n) is 5.21. The average molecular weight is 237 g/mol. The zero-order chi connectivity index (χ0) is 11.8. The molecule has 1 heterocycles. The van der Waals surface area contributed by atoms with Crippen molar-refractivity contribution in [2.24, 2.45) is 29.1 Å². The molecule has 92 valence electrons. The SMILES string of the molecule is O=C(N[C@@H]1C[C@@]2(C(=O)O)C[C@@H]12)C1[C@H]2COC[C@@H]12. The molecule has 4 rings (SSSR count). The Labute approximate surface area is 98.5 Å². The maximum absolute atomic E-state index is 11.9. The first-order valence-corrected chi connectivity index (χ1v) is 6.25. The molecular weight excluding hydrogens is 222 g/mol. The summed E-state index contributed by atoms with van der Waals surface area (Å²) in [6.45, 7) is 1.44.